The van der Waals surface area contributed by atoms with Crippen LogP contribution in [0, 0.1) is 0 Å². The van der Waals surface area contributed by atoms with Crippen LogP contribution in [0.3, 0.4) is 0 Å². The number of pyridine rings is 1. The van der Waals surface area contributed by atoms with Crippen molar-refractivity contribution in [1.29, 1.82) is 0 Å². The van der Waals surface area contributed by atoms with Gasteiger partial charge in [0.15, 0.2) is 0 Å². The van der Waals surface area contributed by atoms with Gasteiger partial charge in [0.25, 0.3) is 0 Å². The van der Waals surface area contributed by atoms with Gasteiger partial charge in [0, 0.05) is 6.20 Å². The first-order chi connectivity index (χ1) is 10.7. The summed E-state index contributed by atoms with van der Waals surface area (Å²) in [5.41, 5.74) is 4.00. The minimum absolute atomic E-state index is 0.0814. The molecule has 122 valence electrons. The maximum Gasteiger partial charge on any atom is 0.417 e. The molecule has 0 aliphatic carbocycles. The van der Waals surface area contributed by atoms with E-state index in [1.807, 2.05) is 24.3 Å². The number of hydrazone groups is 1. The summed E-state index contributed by atoms with van der Waals surface area (Å²) in [6, 6.07) is 10.1. The number of rotatable bonds is 3. The quantitative estimate of drug-likeness (QED) is 0.648. The van der Waals surface area contributed by atoms with Crippen LogP contribution in [-0.2, 0) is 11.6 Å². The molecular weight excluding hydrogens is 303 g/mol. The highest BCUT2D eigenvalue weighted by Gasteiger charge is 2.30. The first-order valence-electron chi connectivity index (χ1n) is 7.09. The third-order valence-corrected chi connectivity index (χ3v) is 3.26. The molecule has 0 aliphatic heterocycles. The molecule has 0 saturated heterocycles. The molecule has 3 nitrogen and oxygen atoms in total. The summed E-state index contributed by atoms with van der Waals surface area (Å²) >= 11 is 0. The van der Waals surface area contributed by atoms with E-state index >= 15 is 0 Å². The number of aromatic nitrogens is 1. The van der Waals surface area contributed by atoms with Crippen LogP contribution in [-0.4, -0.2) is 11.2 Å². The molecule has 0 spiro atoms. The van der Waals surface area contributed by atoms with E-state index in [0.717, 1.165) is 17.8 Å². The normalized spacial score (nSPS) is 12.6. The summed E-state index contributed by atoms with van der Waals surface area (Å²) in [6.45, 7) is 6.40. The molecule has 0 atom stereocenters. The monoisotopic (exact) mass is 321 g/mol. The smallest absolute Gasteiger partial charge is 0.261 e. The Morgan fingerprint density at radius 3 is 2.04 bits per heavy atom. The van der Waals surface area contributed by atoms with Crippen LogP contribution in [0.25, 0.3) is 0 Å². The number of alkyl halides is 3. The summed E-state index contributed by atoms with van der Waals surface area (Å²) in [7, 11) is 0. The molecular formula is C17H18F3N3. The molecule has 0 bridgehead atoms. The van der Waals surface area contributed by atoms with Crippen molar-refractivity contribution in [2.45, 2.75) is 32.4 Å². The molecule has 0 aliphatic rings. The third kappa shape index (κ3) is 4.81. The minimum Gasteiger partial charge on any atom is -0.261 e. The summed E-state index contributed by atoms with van der Waals surface area (Å²) in [6.07, 6.45) is -2.02. The van der Waals surface area contributed by atoms with Crippen LogP contribution in [0.15, 0.2) is 47.7 Å². The van der Waals surface area contributed by atoms with Gasteiger partial charge in [0.1, 0.15) is 5.82 Å². The number of hydrogen-bond acceptors (Lipinski definition) is 3. The Labute approximate surface area is 133 Å². The van der Waals surface area contributed by atoms with E-state index < -0.39 is 11.7 Å². The second-order valence-electron chi connectivity index (χ2n) is 6.17. The van der Waals surface area contributed by atoms with Gasteiger partial charge in [-0.1, -0.05) is 45.0 Å². The molecule has 1 heterocycles. The molecule has 1 N–H and O–H groups in total. The Morgan fingerprint density at radius 2 is 1.57 bits per heavy atom. The van der Waals surface area contributed by atoms with Gasteiger partial charge in [0.2, 0.25) is 0 Å². The van der Waals surface area contributed by atoms with Crippen LogP contribution in [0.1, 0.15) is 37.5 Å². The molecule has 0 fully saturated rings. The van der Waals surface area contributed by atoms with Gasteiger partial charge in [-0.05, 0) is 28.7 Å². The lowest BCUT2D eigenvalue weighted by Crippen LogP contribution is -2.10. The third-order valence-electron chi connectivity index (χ3n) is 3.26. The van der Waals surface area contributed by atoms with Gasteiger partial charge >= 0.3 is 6.18 Å². The maximum atomic E-state index is 12.4. The molecule has 0 radical (unpaired) electrons. The Morgan fingerprint density at radius 1 is 0.957 bits per heavy atom. The Balaban J connectivity index is 1.99. The number of nitrogens with one attached hydrogen (secondary N) is 1. The number of hydrogen-bond donors (Lipinski definition) is 1. The zero-order chi connectivity index (χ0) is 17.1. The van der Waals surface area contributed by atoms with Crippen molar-refractivity contribution < 1.29 is 13.2 Å². The number of halogens is 3. The SMILES string of the molecule is CC(C)(C)c1ccc(/C=N/Nc2ccc(C(F)(F)F)cn2)cc1. The zero-order valence-electron chi connectivity index (χ0n) is 13.1. The molecule has 0 unspecified atom stereocenters. The lowest BCUT2D eigenvalue weighted by atomic mass is 9.87. The van der Waals surface area contributed by atoms with E-state index in [0.29, 0.717) is 0 Å². The topological polar surface area (TPSA) is 37.3 Å². The molecule has 0 amide bonds. The molecule has 6 heteroatoms. The van der Waals surface area contributed by atoms with Crippen LogP contribution in [0.4, 0.5) is 19.0 Å². The first-order valence-corrected chi connectivity index (χ1v) is 7.09. The fourth-order valence-electron chi connectivity index (χ4n) is 1.87. The van der Waals surface area contributed by atoms with Crippen molar-refractivity contribution in [2.75, 3.05) is 5.43 Å². The maximum absolute atomic E-state index is 12.4. The molecule has 23 heavy (non-hydrogen) atoms. The van der Waals surface area contributed by atoms with Gasteiger partial charge in [0.05, 0.1) is 11.8 Å². The van der Waals surface area contributed by atoms with E-state index in [9.17, 15) is 13.2 Å². The van der Waals surface area contributed by atoms with E-state index in [1.165, 1.54) is 11.6 Å². The van der Waals surface area contributed by atoms with Gasteiger partial charge in [-0.3, -0.25) is 5.43 Å². The van der Waals surface area contributed by atoms with Crippen molar-refractivity contribution in [1.82, 2.24) is 4.98 Å². The Bertz CT molecular complexity index is 666. The highest BCUT2D eigenvalue weighted by molar-refractivity contribution is 5.80. The molecule has 1 aromatic heterocycles. The predicted molar refractivity (Wildman–Crippen MR) is 85.6 cm³/mol. The van der Waals surface area contributed by atoms with Crippen molar-refractivity contribution >= 4 is 12.0 Å². The molecule has 2 rings (SSSR count). The molecule has 0 saturated carbocycles. The minimum atomic E-state index is -4.39. The van der Waals surface area contributed by atoms with Crippen LogP contribution in [0.5, 0.6) is 0 Å². The van der Waals surface area contributed by atoms with Crippen molar-refractivity contribution in [3.8, 4) is 0 Å². The first kappa shape index (κ1) is 17.0. The van der Waals surface area contributed by atoms with Crippen molar-refractivity contribution in [3.63, 3.8) is 0 Å². The van der Waals surface area contributed by atoms with E-state index in [1.54, 1.807) is 6.21 Å². The predicted octanol–water partition coefficient (Wildman–Crippen LogP) is 4.84. The van der Waals surface area contributed by atoms with Gasteiger partial charge in [-0.15, -0.1) is 0 Å². The Hall–Kier alpha value is -2.37. The fourth-order valence-corrected chi connectivity index (χ4v) is 1.87. The average Bonchev–Trinajstić information content (AvgIpc) is 2.46. The summed E-state index contributed by atoms with van der Waals surface area (Å²) in [5, 5.41) is 3.98. The summed E-state index contributed by atoms with van der Waals surface area (Å²) in [4.78, 5) is 3.68. The fraction of sp³-hybridized carbons (Fsp3) is 0.294. The van der Waals surface area contributed by atoms with Crippen molar-refractivity contribution in [3.05, 3.63) is 59.3 Å². The lowest BCUT2D eigenvalue weighted by Gasteiger charge is -2.18. The Kier molecular flexibility index (Phi) is 4.73. The van der Waals surface area contributed by atoms with E-state index in [2.05, 4.69) is 36.3 Å². The number of nitrogens with zero attached hydrogens (tertiary/aromatic N) is 2. The van der Waals surface area contributed by atoms with Gasteiger partial charge in [-0.2, -0.15) is 18.3 Å². The van der Waals surface area contributed by atoms with E-state index in [4.69, 9.17) is 0 Å². The second-order valence-corrected chi connectivity index (χ2v) is 6.17. The standard InChI is InChI=1S/C17H18F3N3/c1-16(2,3)13-6-4-12(5-7-13)10-22-23-15-9-8-14(11-21-15)17(18,19)20/h4-11H,1-3H3,(H,21,23)/b22-10+. The zero-order valence-corrected chi connectivity index (χ0v) is 13.1. The summed E-state index contributed by atoms with van der Waals surface area (Å²) in [5.74, 6) is 0.251. The van der Waals surface area contributed by atoms with Gasteiger partial charge < -0.3 is 0 Å². The molecule has 2 aromatic rings. The highest BCUT2D eigenvalue weighted by atomic mass is 19.4. The lowest BCUT2D eigenvalue weighted by molar-refractivity contribution is -0.137. The van der Waals surface area contributed by atoms with Crippen LogP contribution < -0.4 is 5.43 Å². The highest BCUT2D eigenvalue weighted by Crippen LogP contribution is 2.28. The average molecular weight is 321 g/mol. The number of anilines is 1. The summed E-state index contributed by atoms with van der Waals surface area (Å²) < 4.78 is 37.3. The van der Waals surface area contributed by atoms with Crippen molar-refractivity contribution in [2.24, 2.45) is 5.10 Å². The second kappa shape index (κ2) is 6.40. The van der Waals surface area contributed by atoms with Crippen LogP contribution in [0.2, 0.25) is 0 Å². The number of benzene rings is 1. The van der Waals surface area contributed by atoms with Crippen LogP contribution >= 0.6 is 0 Å². The largest absolute Gasteiger partial charge is 0.417 e. The van der Waals surface area contributed by atoms with E-state index in [-0.39, 0.29) is 11.2 Å². The van der Waals surface area contributed by atoms with Gasteiger partial charge in [-0.25, -0.2) is 4.98 Å². The molecule has 1 aromatic carbocycles.